The number of rotatable bonds is 5. The molecule has 2 aliphatic rings. The maximum absolute atomic E-state index is 12.7. The second kappa shape index (κ2) is 8.51. The van der Waals surface area contributed by atoms with Crippen LogP contribution < -0.4 is 5.32 Å². The Bertz CT molecular complexity index is 496. The molecule has 0 spiro atoms. The van der Waals surface area contributed by atoms with E-state index >= 15 is 0 Å². The number of nitrogens with one attached hydrogen (secondary N) is 2. The molecule has 6 heteroatoms. The van der Waals surface area contributed by atoms with E-state index in [0.717, 1.165) is 31.5 Å². The SMILES string of the molecule is CCCN1CCC(CNC(=O)N2CCCCC2c2cn[nH]c2)CC1. The minimum Gasteiger partial charge on any atom is -0.338 e. The molecule has 2 N–H and O–H groups in total. The maximum Gasteiger partial charge on any atom is 0.317 e. The molecule has 24 heavy (non-hydrogen) atoms. The molecular formula is C18H31N5O. The van der Waals surface area contributed by atoms with Gasteiger partial charge in [0.2, 0.25) is 0 Å². The number of aromatic nitrogens is 2. The highest BCUT2D eigenvalue weighted by molar-refractivity contribution is 5.74. The summed E-state index contributed by atoms with van der Waals surface area (Å²) in [6, 6.07) is 0.265. The average molecular weight is 333 g/mol. The monoisotopic (exact) mass is 333 g/mol. The van der Waals surface area contributed by atoms with Crippen LogP contribution in [0, 0.1) is 5.92 Å². The van der Waals surface area contributed by atoms with Crippen molar-refractivity contribution in [3.8, 4) is 0 Å². The van der Waals surface area contributed by atoms with Crippen LogP contribution in [0.2, 0.25) is 0 Å². The fraction of sp³-hybridized carbons (Fsp3) is 0.778. The zero-order valence-corrected chi connectivity index (χ0v) is 14.8. The van der Waals surface area contributed by atoms with Crippen molar-refractivity contribution < 1.29 is 4.79 Å². The molecule has 1 atom stereocenters. The van der Waals surface area contributed by atoms with Gasteiger partial charge >= 0.3 is 6.03 Å². The number of likely N-dealkylation sites (tertiary alicyclic amines) is 2. The Hall–Kier alpha value is -1.56. The lowest BCUT2D eigenvalue weighted by atomic mass is 9.96. The Labute approximate surface area is 145 Å². The van der Waals surface area contributed by atoms with Crippen molar-refractivity contribution in [3.05, 3.63) is 18.0 Å². The van der Waals surface area contributed by atoms with Crippen LogP contribution in [0.15, 0.2) is 12.4 Å². The second-order valence-electron chi connectivity index (χ2n) is 7.21. The maximum atomic E-state index is 12.7. The molecule has 0 saturated carbocycles. The van der Waals surface area contributed by atoms with Crippen LogP contribution in [0.4, 0.5) is 4.79 Å². The average Bonchev–Trinajstić information content (AvgIpc) is 3.16. The summed E-state index contributed by atoms with van der Waals surface area (Å²) in [6.45, 7) is 7.45. The number of H-pyrrole nitrogens is 1. The predicted octanol–water partition coefficient (Wildman–Crippen LogP) is 2.77. The molecule has 1 unspecified atom stereocenters. The normalized spacial score (nSPS) is 23.4. The fourth-order valence-electron chi connectivity index (χ4n) is 4.03. The molecule has 2 aliphatic heterocycles. The Morgan fingerprint density at radius 3 is 2.83 bits per heavy atom. The topological polar surface area (TPSA) is 64.3 Å². The number of nitrogens with zero attached hydrogens (tertiary/aromatic N) is 3. The van der Waals surface area contributed by atoms with Crippen molar-refractivity contribution in [1.29, 1.82) is 0 Å². The summed E-state index contributed by atoms with van der Waals surface area (Å²) < 4.78 is 0. The number of carbonyl (C=O) groups is 1. The molecule has 0 aromatic carbocycles. The van der Waals surface area contributed by atoms with E-state index in [0.29, 0.717) is 5.92 Å². The number of hydrogen-bond donors (Lipinski definition) is 2. The molecule has 3 heterocycles. The molecule has 0 radical (unpaired) electrons. The predicted molar refractivity (Wildman–Crippen MR) is 94.7 cm³/mol. The molecule has 2 fully saturated rings. The largest absolute Gasteiger partial charge is 0.338 e. The minimum atomic E-state index is 0.0943. The third kappa shape index (κ3) is 4.29. The summed E-state index contributed by atoms with van der Waals surface area (Å²) in [5.41, 5.74) is 1.12. The summed E-state index contributed by atoms with van der Waals surface area (Å²) in [5, 5.41) is 10.1. The Morgan fingerprint density at radius 2 is 2.12 bits per heavy atom. The van der Waals surface area contributed by atoms with Gasteiger partial charge in [0.05, 0.1) is 12.2 Å². The number of aromatic amines is 1. The lowest BCUT2D eigenvalue weighted by Crippen LogP contribution is -2.47. The van der Waals surface area contributed by atoms with Crippen molar-refractivity contribution in [2.45, 2.75) is 51.5 Å². The smallest absolute Gasteiger partial charge is 0.317 e. The summed E-state index contributed by atoms with van der Waals surface area (Å²) in [7, 11) is 0. The van der Waals surface area contributed by atoms with Gasteiger partial charge in [0.1, 0.15) is 0 Å². The van der Waals surface area contributed by atoms with Crippen LogP contribution in [0.1, 0.15) is 57.1 Å². The van der Waals surface area contributed by atoms with Crippen LogP contribution in [0.3, 0.4) is 0 Å². The zero-order valence-electron chi connectivity index (χ0n) is 14.8. The zero-order chi connectivity index (χ0) is 16.8. The van der Waals surface area contributed by atoms with Gasteiger partial charge in [-0.05, 0) is 64.1 Å². The first-order valence-electron chi connectivity index (χ1n) is 9.53. The van der Waals surface area contributed by atoms with E-state index < -0.39 is 0 Å². The van der Waals surface area contributed by atoms with E-state index in [1.165, 1.54) is 45.3 Å². The van der Waals surface area contributed by atoms with Crippen molar-refractivity contribution in [1.82, 2.24) is 25.3 Å². The first-order valence-corrected chi connectivity index (χ1v) is 9.53. The van der Waals surface area contributed by atoms with Gasteiger partial charge in [0.15, 0.2) is 0 Å². The molecule has 2 saturated heterocycles. The summed E-state index contributed by atoms with van der Waals surface area (Å²) >= 11 is 0. The third-order valence-corrected chi connectivity index (χ3v) is 5.46. The molecule has 3 rings (SSSR count). The Morgan fingerprint density at radius 1 is 1.29 bits per heavy atom. The van der Waals surface area contributed by atoms with Gasteiger partial charge in [-0.15, -0.1) is 0 Å². The quantitative estimate of drug-likeness (QED) is 0.871. The Balaban J connectivity index is 1.47. The van der Waals surface area contributed by atoms with Gasteiger partial charge in [-0.2, -0.15) is 5.10 Å². The van der Waals surface area contributed by atoms with Crippen LogP contribution in [0.25, 0.3) is 0 Å². The minimum absolute atomic E-state index is 0.0943. The summed E-state index contributed by atoms with van der Waals surface area (Å²) in [6.07, 6.45) is 10.7. The summed E-state index contributed by atoms with van der Waals surface area (Å²) in [4.78, 5) is 17.2. The van der Waals surface area contributed by atoms with Gasteiger partial charge in [-0.1, -0.05) is 6.92 Å². The molecule has 1 aromatic rings. The van der Waals surface area contributed by atoms with Crippen LogP contribution in [-0.4, -0.2) is 58.8 Å². The van der Waals surface area contributed by atoms with E-state index in [1.54, 1.807) is 0 Å². The number of urea groups is 1. The number of amides is 2. The molecule has 6 nitrogen and oxygen atoms in total. The lowest BCUT2D eigenvalue weighted by molar-refractivity contribution is 0.144. The molecular weight excluding hydrogens is 302 g/mol. The first-order chi connectivity index (χ1) is 11.8. The Kier molecular flexibility index (Phi) is 6.12. The molecule has 1 aromatic heterocycles. The lowest BCUT2D eigenvalue weighted by Gasteiger charge is -2.36. The number of piperidine rings is 2. The fourth-order valence-corrected chi connectivity index (χ4v) is 4.03. The van der Waals surface area contributed by atoms with Crippen LogP contribution in [0.5, 0.6) is 0 Å². The van der Waals surface area contributed by atoms with Crippen molar-refractivity contribution in [2.75, 3.05) is 32.7 Å². The van der Waals surface area contributed by atoms with Crippen LogP contribution >= 0.6 is 0 Å². The van der Waals surface area contributed by atoms with Crippen LogP contribution in [-0.2, 0) is 0 Å². The standard InChI is InChI=1S/C18H31N5O/c1-2-8-22-10-6-15(7-11-22)12-19-18(24)23-9-4-3-5-17(23)16-13-20-21-14-16/h13-15,17H,2-12H2,1H3,(H,19,24)(H,20,21). The van der Waals surface area contributed by atoms with Gasteiger partial charge in [-0.25, -0.2) is 4.79 Å². The molecule has 2 amide bonds. The van der Waals surface area contributed by atoms with Gasteiger partial charge in [-0.3, -0.25) is 5.10 Å². The highest BCUT2D eigenvalue weighted by Gasteiger charge is 2.29. The van der Waals surface area contributed by atoms with Gasteiger partial charge in [0, 0.05) is 24.8 Å². The third-order valence-electron chi connectivity index (χ3n) is 5.46. The van der Waals surface area contributed by atoms with E-state index in [-0.39, 0.29) is 12.1 Å². The van der Waals surface area contributed by atoms with E-state index in [2.05, 4.69) is 27.3 Å². The highest BCUT2D eigenvalue weighted by atomic mass is 16.2. The molecule has 134 valence electrons. The van der Waals surface area contributed by atoms with Gasteiger partial charge < -0.3 is 15.1 Å². The first kappa shape index (κ1) is 17.3. The van der Waals surface area contributed by atoms with E-state index in [1.807, 2.05) is 17.3 Å². The van der Waals surface area contributed by atoms with Crippen molar-refractivity contribution in [3.63, 3.8) is 0 Å². The number of carbonyl (C=O) groups excluding carboxylic acids is 1. The van der Waals surface area contributed by atoms with E-state index in [9.17, 15) is 4.79 Å². The second-order valence-corrected chi connectivity index (χ2v) is 7.21. The van der Waals surface area contributed by atoms with Crippen molar-refractivity contribution >= 4 is 6.03 Å². The van der Waals surface area contributed by atoms with Gasteiger partial charge in [0.25, 0.3) is 0 Å². The van der Waals surface area contributed by atoms with E-state index in [4.69, 9.17) is 0 Å². The highest BCUT2D eigenvalue weighted by Crippen LogP contribution is 2.30. The van der Waals surface area contributed by atoms with Crippen molar-refractivity contribution in [2.24, 2.45) is 5.92 Å². The molecule has 0 aliphatic carbocycles. The molecule has 0 bridgehead atoms. The number of hydrogen-bond acceptors (Lipinski definition) is 3. The summed E-state index contributed by atoms with van der Waals surface area (Å²) in [5.74, 6) is 0.624.